The molecular weight excluding hydrogens is 171 g/mol. The van der Waals surface area contributed by atoms with E-state index in [0.29, 0.717) is 6.61 Å². The van der Waals surface area contributed by atoms with Crippen molar-refractivity contribution in [3.63, 3.8) is 0 Å². The summed E-state index contributed by atoms with van der Waals surface area (Å²) in [6.45, 7) is 2.12. The lowest BCUT2D eigenvalue weighted by molar-refractivity contribution is 0.101. The van der Waals surface area contributed by atoms with E-state index in [9.17, 15) is 4.79 Å². The minimum Gasteiger partial charge on any atom is -0.361 e. The van der Waals surface area contributed by atoms with E-state index in [-0.39, 0.29) is 5.78 Å². The fourth-order valence-corrected chi connectivity index (χ4v) is 1.12. The van der Waals surface area contributed by atoms with Gasteiger partial charge in [0.25, 0.3) is 0 Å². The Labute approximate surface area is 74.2 Å². The van der Waals surface area contributed by atoms with Crippen molar-refractivity contribution in [1.82, 2.24) is 0 Å². The minimum atomic E-state index is 0.0911. The summed E-state index contributed by atoms with van der Waals surface area (Å²) in [4.78, 5) is 10.9. The molecule has 0 saturated heterocycles. The van der Waals surface area contributed by atoms with Crippen LogP contribution in [-0.4, -0.2) is 5.78 Å². The monoisotopic (exact) mass is 182 g/mol. The summed E-state index contributed by atoms with van der Waals surface area (Å²) in [7, 11) is 2.19. The molecule has 0 aliphatic rings. The molecule has 0 radical (unpaired) electrons. The second kappa shape index (κ2) is 4.34. The lowest BCUT2D eigenvalue weighted by atomic mass is 10.1. The molecule has 0 saturated carbocycles. The topological polar surface area (TPSA) is 26.3 Å². The Bertz CT molecular complexity index is 266. The second-order valence-electron chi connectivity index (χ2n) is 2.56. The molecule has 1 rings (SSSR count). The molecule has 1 atom stereocenters. The van der Waals surface area contributed by atoms with Crippen LogP contribution in [0.1, 0.15) is 22.8 Å². The molecule has 0 bridgehead atoms. The highest BCUT2D eigenvalue weighted by Crippen LogP contribution is 2.07. The summed E-state index contributed by atoms with van der Waals surface area (Å²) in [5.74, 6) is 0.0911. The molecule has 0 aliphatic carbocycles. The SMILES string of the molecule is CC(=O)c1ccc(COP)cc1. The van der Waals surface area contributed by atoms with E-state index in [1.165, 1.54) is 0 Å². The van der Waals surface area contributed by atoms with E-state index >= 15 is 0 Å². The maximum atomic E-state index is 10.9. The third kappa shape index (κ3) is 2.40. The van der Waals surface area contributed by atoms with E-state index < -0.39 is 0 Å². The molecule has 1 aromatic rings. The van der Waals surface area contributed by atoms with Crippen LogP contribution >= 0.6 is 9.47 Å². The maximum absolute atomic E-state index is 10.9. The largest absolute Gasteiger partial charge is 0.361 e. The third-order valence-electron chi connectivity index (χ3n) is 1.61. The van der Waals surface area contributed by atoms with Crippen LogP contribution in [0.25, 0.3) is 0 Å². The van der Waals surface area contributed by atoms with Crippen molar-refractivity contribution >= 4 is 15.2 Å². The van der Waals surface area contributed by atoms with Crippen molar-refractivity contribution < 1.29 is 9.32 Å². The number of Topliss-reactive ketones (excluding diaryl/α,β-unsaturated/α-hetero) is 1. The van der Waals surface area contributed by atoms with Gasteiger partial charge in [0.1, 0.15) is 0 Å². The van der Waals surface area contributed by atoms with E-state index in [2.05, 4.69) is 9.47 Å². The summed E-state index contributed by atoms with van der Waals surface area (Å²) < 4.78 is 4.86. The van der Waals surface area contributed by atoms with E-state index in [0.717, 1.165) is 11.1 Å². The van der Waals surface area contributed by atoms with Gasteiger partial charge >= 0.3 is 0 Å². The summed E-state index contributed by atoms with van der Waals surface area (Å²) in [6, 6.07) is 7.39. The number of hydrogen-bond donors (Lipinski definition) is 0. The van der Waals surface area contributed by atoms with Crippen LogP contribution in [0.4, 0.5) is 0 Å². The first-order chi connectivity index (χ1) is 5.74. The van der Waals surface area contributed by atoms with Crippen LogP contribution in [0.15, 0.2) is 24.3 Å². The molecule has 2 nitrogen and oxygen atoms in total. The van der Waals surface area contributed by atoms with Gasteiger partial charge in [-0.15, -0.1) is 0 Å². The van der Waals surface area contributed by atoms with Gasteiger partial charge in [-0.1, -0.05) is 24.3 Å². The van der Waals surface area contributed by atoms with Crippen molar-refractivity contribution in [2.75, 3.05) is 0 Å². The van der Waals surface area contributed by atoms with Crippen LogP contribution in [0.3, 0.4) is 0 Å². The molecule has 12 heavy (non-hydrogen) atoms. The molecule has 0 aliphatic heterocycles. The predicted molar refractivity (Wildman–Crippen MR) is 50.9 cm³/mol. The van der Waals surface area contributed by atoms with E-state index in [1.54, 1.807) is 19.1 Å². The third-order valence-corrected chi connectivity index (χ3v) is 1.78. The minimum absolute atomic E-state index is 0.0911. The number of carbonyl (C=O) groups excluding carboxylic acids is 1. The van der Waals surface area contributed by atoms with Gasteiger partial charge in [0.2, 0.25) is 0 Å². The molecule has 0 amide bonds. The molecule has 3 heteroatoms. The number of benzene rings is 1. The molecule has 0 aromatic heterocycles. The van der Waals surface area contributed by atoms with Crippen LogP contribution in [0, 0.1) is 0 Å². The molecule has 0 N–H and O–H groups in total. The molecule has 1 aromatic carbocycles. The zero-order valence-corrected chi connectivity index (χ0v) is 8.07. The first kappa shape index (κ1) is 9.37. The highest BCUT2D eigenvalue weighted by molar-refractivity contribution is 7.09. The normalized spacial score (nSPS) is 9.83. The Kier molecular flexibility index (Phi) is 3.39. The van der Waals surface area contributed by atoms with Crippen LogP contribution < -0.4 is 0 Å². The van der Waals surface area contributed by atoms with E-state index in [1.807, 2.05) is 12.1 Å². The van der Waals surface area contributed by atoms with Gasteiger partial charge in [-0.25, -0.2) is 0 Å². The molecule has 1 unspecified atom stereocenters. The summed E-state index contributed by atoms with van der Waals surface area (Å²) >= 11 is 0. The maximum Gasteiger partial charge on any atom is 0.159 e. The Balaban J connectivity index is 2.78. The fourth-order valence-electron chi connectivity index (χ4n) is 0.932. The second-order valence-corrected chi connectivity index (χ2v) is 2.90. The average molecular weight is 182 g/mol. The highest BCUT2D eigenvalue weighted by atomic mass is 31.0. The molecule has 0 fully saturated rings. The number of hydrogen-bond acceptors (Lipinski definition) is 2. The summed E-state index contributed by atoms with van der Waals surface area (Å²) in [6.07, 6.45) is 0. The lowest BCUT2D eigenvalue weighted by Gasteiger charge is -1.99. The number of ketones is 1. The number of carbonyl (C=O) groups is 1. The van der Waals surface area contributed by atoms with Gasteiger partial charge in [0.05, 0.1) is 6.61 Å². The zero-order valence-electron chi connectivity index (χ0n) is 6.91. The zero-order chi connectivity index (χ0) is 8.97. The quantitative estimate of drug-likeness (QED) is 0.529. The Hall–Kier alpha value is -0.720. The molecule has 0 heterocycles. The highest BCUT2D eigenvalue weighted by Gasteiger charge is 1.97. The van der Waals surface area contributed by atoms with Crippen LogP contribution in [-0.2, 0) is 11.1 Å². The van der Waals surface area contributed by atoms with E-state index in [4.69, 9.17) is 4.52 Å². The Morgan fingerprint density at radius 2 is 2.00 bits per heavy atom. The smallest absolute Gasteiger partial charge is 0.159 e. The molecular formula is C9H11O2P. The van der Waals surface area contributed by atoms with Gasteiger partial charge in [-0.05, 0) is 12.5 Å². The Morgan fingerprint density at radius 3 is 2.42 bits per heavy atom. The van der Waals surface area contributed by atoms with Gasteiger partial charge < -0.3 is 4.52 Å². The van der Waals surface area contributed by atoms with Crippen molar-refractivity contribution in [2.45, 2.75) is 13.5 Å². The van der Waals surface area contributed by atoms with Crippen molar-refractivity contribution in [2.24, 2.45) is 0 Å². The van der Waals surface area contributed by atoms with Gasteiger partial charge in [-0.2, -0.15) is 0 Å². The van der Waals surface area contributed by atoms with Crippen molar-refractivity contribution in [3.8, 4) is 0 Å². The van der Waals surface area contributed by atoms with Gasteiger partial charge in [0, 0.05) is 15.0 Å². The first-order valence-corrected chi connectivity index (χ1v) is 4.12. The standard InChI is InChI=1S/C9H11O2P/c1-7(10)9-4-2-8(3-5-9)6-11-12/h2-5H,6,12H2,1H3. The Morgan fingerprint density at radius 1 is 1.42 bits per heavy atom. The van der Waals surface area contributed by atoms with Gasteiger partial charge in [-0.3, -0.25) is 4.79 Å². The molecule has 0 spiro atoms. The van der Waals surface area contributed by atoms with Crippen LogP contribution in [0.2, 0.25) is 0 Å². The summed E-state index contributed by atoms with van der Waals surface area (Å²) in [5.41, 5.74) is 1.80. The average Bonchev–Trinajstić information content (AvgIpc) is 2.06. The fraction of sp³-hybridized carbons (Fsp3) is 0.222. The molecule has 64 valence electrons. The van der Waals surface area contributed by atoms with Crippen molar-refractivity contribution in [3.05, 3.63) is 35.4 Å². The first-order valence-electron chi connectivity index (χ1n) is 3.65. The van der Waals surface area contributed by atoms with Crippen molar-refractivity contribution in [1.29, 1.82) is 0 Å². The van der Waals surface area contributed by atoms with Crippen LogP contribution in [0.5, 0.6) is 0 Å². The summed E-state index contributed by atoms with van der Waals surface area (Å²) in [5, 5.41) is 0. The number of rotatable bonds is 3. The van der Waals surface area contributed by atoms with Gasteiger partial charge in [0.15, 0.2) is 5.78 Å². The lowest BCUT2D eigenvalue weighted by Crippen LogP contribution is -1.92. The predicted octanol–water partition coefficient (Wildman–Crippen LogP) is 2.20.